The molecule has 0 bridgehead atoms. The van der Waals surface area contributed by atoms with Gasteiger partial charge in [-0.05, 0) is 12.8 Å². The number of ether oxygens (including phenoxy) is 2. The number of unbranched alkanes of at least 4 members (excludes halogenated alkanes) is 13. The van der Waals surface area contributed by atoms with E-state index in [1.54, 1.807) is 6.08 Å². The molecule has 0 fully saturated rings. The summed E-state index contributed by atoms with van der Waals surface area (Å²) in [5.41, 5.74) is 11.1. The van der Waals surface area contributed by atoms with Crippen LogP contribution >= 0.6 is 7.60 Å². The third-order valence-electron chi connectivity index (χ3n) is 5.92. The first-order chi connectivity index (χ1) is 17.9. The summed E-state index contributed by atoms with van der Waals surface area (Å²) < 4.78 is 28.1. The highest BCUT2D eigenvalue weighted by Gasteiger charge is 2.13. The lowest BCUT2D eigenvalue weighted by Gasteiger charge is -2.09. The normalized spacial score (nSPS) is 13.2. The van der Waals surface area contributed by atoms with Gasteiger partial charge in [-0.1, -0.05) is 96.5 Å². The first kappa shape index (κ1) is 33.4. The number of hydrogen-bond acceptors (Lipinski definition) is 8. The minimum atomic E-state index is -3.77. The van der Waals surface area contributed by atoms with Crippen molar-refractivity contribution in [2.45, 2.75) is 110 Å². The lowest BCUT2D eigenvalue weighted by Crippen LogP contribution is -2.04. The molecule has 0 saturated carbocycles. The molecule has 214 valence electrons. The van der Waals surface area contributed by atoms with Gasteiger partial charge in [0.05, 0.1) is 13.2 Å². The topological polar surface area (TPSA) is 143 Å². The number of nitrogens with two attached hydrogens (primary N) is 2. The van der Waals surface area contributed by atoms with Gasteiger partial charge < -0.3 is 30.4 Å². The second kappa shape index (κ2) is 22.3. The van der Waals surface area contributed by atoms with Crippen molar-refractivity contribution in [1.82, 2.24) is 9.97 Å². The van der Waals surface area contributed by atoms with Crippen LogP contribution in [0, 0.1) is 0 Å². The van der Waals surface area contributed by atoms with Crippen molar-refractivity contribution >= 4 is 19.4 Å². The molecule has 0 aromatic carbocycles. The first-order valence-corrected chi connectivity index (χ1v) is 15.8. The molecule has 37 heavy (non-hydrogen) atoms. The lowest BCUT2D eigenvalue weighted by molar-refractivity contribution is 0.114. The molecular formula is C27H51N4O5P. The Morgan fingerprint density at radius 3 is 1.97 bits per heavy atom. The van der Waals surface area contributed by atoms with Crippen LogP contribution in [-0.2, 0) is 13.8 Å². The van der Waals surface area contributed by atoms with Gasteiger partial charge in [-0.3, -0.25) is 4.57 Å². The molecule has 1 aromatic rings. The van der Waals surface area contributed by atoms with Crippen molar-refractivity contribution in [3.63, 3.8) is 0 Å². The fraction of sp³-hybridized carbons (Fsp3) is 0.778. The van der Waals surface area contributed by atoms with Crippen molar-refractivity contribution < 1.29 is 23.5 Å². The molecule has 5 N–H and O–H groups in total. The maximum atomic E-state index is 12.0. The number of nitrogens with zero attached hydrogens (tertiary/aromatic N) is 2. The van der Waals surface area contributed by atoms with Crippen molar-refractivity contribution in [2.75, 3.05) is 37.9 Å². The summed E-state index contributed by atoms with van der Waals surface area (Å²) in [6.07, 6.45) is 21.3. The zero-order chi connectivity index (χ0) is 27.0. The maximum Gasteiger partial charge on any atom is 0.351 e. The van der Waals surface area contributed by atoms with E-state index in [9.17, 15) is 9.46 Å². The molecular weight excluding hydrogens is 491 g/mol. The predicted molar refractivity (Wildman–Crippen MR) is 152 cm³/mol. The van der Waals surface area contributed by atoms with Crippen LogP contribution in [0.25, 0.3) is 0 Å². The molecule has 1 rings (SSSR count). The van der Waals surface area contributed by atoms with Gasteiger partial charge in [-0.25, -0.2) is 0 Å². The number of nitrogen functional groups attached to an aromatic ring is 2. The molecule has 1 atom stereocenters. The Hall–Kier alpha value is -1.67. The molecule has 0 aliphatic heterocycles. The fourth-order valence-corrected chi connectivity index (χ4v) is 4.77. The molecule has 0 saturated heterocycles. The molecule has 1 heterocycles. The summed E-state index contributed by atoms with van der Waals surface area (Å²) >= 11 is 0. The molecule has 0 spiro atoms. The Kier molecular flexibility index (Phi) is 20.1. The number of rotatable bonds is 25. The van der Waals surface area contributed by atoms with E-state index in [1.807, 2.05) is 0 Å². The van der Waals surface area contributed by atoms with Gasteiger partial charge in [0.15, 0.2) is 0 Å². The minimum Gasteiger partial charge on any atom is -0.477 e. The summed E-state index contributed by atoms with van der Waals surface area (Å²) in [6.45, 7) is 3.95. The SMILES string of the molecule is CCCCCCCCCCCCCCCCOCCCOP(=O)(O)/C=C/CCOc1cc(N)nc(N)n1. The third kappa shape index (κ3) is 21.0. The highest BCUT2D eigenvalue weighted by atomic mass is 31.2. The predicted octanol–water partition coefficient (Wildman–Crippen LogP) is 7.01. The Morgan fingerprint density at radius 1 is 0.811 bits per heavy atom. The van der Waals surface area contributed by atoms with E-state index in [2.05, 4.69) is 16.9 Å². The number of aromatic nitrogens is 2. The molecule has 0 radical (unpaired) electrons. The van der Waals surface area contributed by atoms with Crippen LogP contribution in [0.2, 0.25) is 0 Å². The van der Waals surface area contributed by atoms with Crippen molar-refractivity contribution in [2.24, 2.45) is 0 Å². The summed E-state index contributed by atoms with van der Waals surface area (Å²) in [5, 5.41) is 0. The zero-order valence-electron chi connectivity index (χ0n) is 23.0. The van der Waals surface area contributed by atoms with Gasteiger partial charge in [0.25, 0.3) is 0 Å². The zero-order valence-corrected chi connectivity index (χ0v) is 23.8. The molecule has 1 unspecified atom stereocenters. The summed E-state index contributed by atoms with van der Waals surface area (Å²) in [4.78, 5) is 17.5. The summed E-state index contributed by atoms with van der Waals surface area (Å²) in [7, 11) is -3.77. The van der Waals surface area contributed by atoms with E-state index < -0.39 is 7.60 Å². The summed E-state index contributed by atoms with van der Waals surface area (Å²) in [6, 6.07) is 1.46. The van der Waals surface area contributed by atoms with Crippen LogP contribution in [0.4, 0.5) is 11.8 Å². The summed E-state index contributed by atoms with van der Waals surface area (Å²) in [5.74, 6) is 1.68. The van der Waals surface area contributed by atoms with Gasteiger partial charge in [-0.15, -0.1) is 0 Å². The molecule has 0 aliphatic carbocycles. The van der Waals surface area contributed by atoms with Crippen LogP contribution in [0.15, 0.2) is 18.0 Å². The van der Waals surface area contributed by atoms with Gasteiger partial charge in [0.2, 0.25) is 11.8 Å². The van der Waals surface area contributed by atoms with Gasteiger partial charge in [-0.2, -0.15) is 9.97 Å². The average molecular weight is 543 g/mol. The van der Waals surface area contributed by atoms with E-state index in [0.717, 1.165) is 13.0 Å². The second-order valence-electron chi connectivity index (χ2n) is 9.47. The van der Waals surface area contributed by atoms with E-state index in [1.165, 1.54) is 95.4 Å². The Balaban J connectivity index is 1.87. The van der Waals surface area contributed by atoms with E-state index >= 15 is 0 Å². The standard InChI is InChI=1S/C27H51N4O5P/c1-2-3-4-5-6-7-8-9-10-11-12-13-14-15-19-34-20-18-22-36-37(32,33)23-17-16-21-35-26-24-25(28)30-27(29)31-26/h17,23-24H,2-16,18-22H2,1H3,(H,32,33)(H4,28,29,30,31)/b23-17+. The number of hydrogen-bond donors (Lipinski definition) is 3. The smallest absolute Gasteiger partial charge is 0.351 e. The minimum absolute atomic E-state index is 0.0300. The van der Waals surface area contributed by atoms with Gasteiger partial charge >= 0.3 is 7.60 Å². The molecule has 0 amide bonds. The fourth-order valence-electron chi connectivity index (χ4n) is 3.87. The van der Waals surface area contributed by atoms with Crippen LogP contribution in [0.3, 0.4) is 0 Å². The van der Waals surface area contributed by atoms with Crippen LogP contribution in [-0.4, -0.2) is 41.3 Å². The van der Waals surface area contributed by atoms with Gasteiger partial charge in [0, 0.05) is 31.5 Å². The first-order valence-electron chi connectivity index (χ1n) is 14.2. The second-order valence-corrected chi connectivity index (χ2v) is 11.2. The van der Waals surface area contributed by atoms with E-state index in [4.69, 9.17) is 25.5 Å². The molecule has 0 aliphatic rings. The van der Waals surface area contributed by atoms with Gasteiger partial charge in [0.1, 0.15) is 5.82 Å². The van der Waals surface area contributed by atoms with E-state index in [-0.39, 0.29) is 30.9 Å². The third-order valence-corrected chi connectivity index (χ3v) is 7.06. The quantitative estimate of drug-likeness (QED) is 0.0877. The Bertz CT molecular complexity index is 746. The van der Waals surface area contributed by atoms with Crippen LogP contribution in [0.1, 0.15) is 110 Å². The van der Waals surface area contributed by atoms with E-state index in [0.29, 0.717) is 19.4 Å². The monoisotopic (exact) mass is 542 g/mol. The molecule has 1 aromatic heterocycles. The molecule has 9 nitrogen and oxygen atoms in total. The Morgan fingerprint density at radius 2 is 1.38 bits per heavy atom. The van der Waals surface area contributed by atoms with Crippen LogP contribution in [0.5, 0.6) is 5.88 Å². The number of anilines is 2. The lowest BCUT2D eigenvalue weighted by atomic mass is 10.0. The van der Waals surface area contributed by atoms with Crippen LogP contribution < -0.4 is 16.2 Å². The maximum absolute atomic E-state index is 12.0. The largest absolute Gasteiger partial charge is 0.477 e. The average Bonchev–Trinajstić information content (AvgIpc) is 2.84. The van der Waals surface area contributed by atoms with Crippen molar-refractivity contribution in [3.05, 3.63) is 18.0 Å². The highest BCUT2D eigenvalue weighted by Crippen LogP contribution is 2.43. The molecule has 10 heteroatoms. The van der Waals surface area contributed by atoms with Crippen molar-refractivity contribution in [3.8, 4) is 5.88 Å². The Labute approximate surface area is 224 Å². The van der Waals surface area contributed by atoms with Crippen molar-refractivity contribution in [1.29, 1.82) is 0 Å². The highest BCUT2D eigenvalue weighted by molar-refractivity contribution is 7.56.